The van der Waals surface area contributed by atoms with Crippen LogP contribution in [0.2, 0.25) is 0 Å². The van der Waals surface area contributed by atoms with Gasteiger partial charge >= 0.3 is 0 Å². The van der Waals surface area contributed by atoms with Gasteiger partial charge in [0.1, 0.15) is 0 Å². The standard InChI is InChI=1S/C10H10N2S/c13-8-11-7-12-5-9-3-1-2-4-10(9)6-12/h1-6,8H,7H2,(H,11,13). The quantitative estimate of drug-likeness (QED) is 0.747. The van der Waals surface area contributed by atoms with E-state index in [9.17, 15) is 0 Å². The Bertz CT molecular complexity index is 387. The molecule has 1 heterocycles. The number of hydrogen-bond acceptors (Lipinski definition) is 1. The van der Waals surface area contributed by atoms with Gasteiger partial charge in [-0.05, 0) is 10.8 Å². The molecule has 0 aliphatic rings. The van der Waals surface area contributed by atoms with Crippen molar-refractivity contribution in [3.63, 3.8) is 0 Å². The van der Waals surface area contributed by atoms with Gasteiger partial charge in [0.25, 0.3) is 0 Å². The maximum Gasteiger partial charge on any atom is 0.0916 e. The first-order valence-electron chi connectivity index (χ1n) is 4.12. The van der Waals surface area contributed by atoms with Gasteiger partial charge in [-0.25, -0.2) is 0 Å². The summed E-state index contributed by atoms with van der Waals surface area (Å²) in [5.74, 6) is 0. The Labute approximate surface area is 82.2 Å². The molecule has 0 amide bonds. The second kappa shape index (κ2) is 3.58. The fraction of sp³-hybridized carbons (Fsp3) is 0.100. The highest BCUT2D eigenvalue weighted by atomic mass is 32.1. The van der Waals surface area contributed by atoms with Crippen LogP contribution in [0.4, 0.5) is 0 Å². The fourth-order valence-corrected chi connectivity index (χ4v) is 1.45. The second-order valence-corrected chi connectivity index (χ2v) is 3.12. The molecule has 2 nitrogen and oxygen atoms in total. The maximum absolute atomic E-state index is 4.68. The van der Waals surface area contributed by atoms with Crippen molar-refractivity contribution in [3.8, 4) is 0 Å². The van der Waals surface area contributed by atoms with E-state index in [-0.39, 0.29) is 0 Å². The Morgan fingerprint density at radius 3 is 2.38 bits per heavy atom. The minimum absolute atomic E-state index is 0.734. The summed E-state index contributed by atoms with van der Waals surface area (Å²) in [6, 6.07) is 8.28. The summed E-state index contributed by atoms with van der Waals surface area (Å²) in [5, 5.41) is 5.49. The van der Waals surface area contributed by atoms with E-state index in [0.717, 1.165) is 6.67 Å². The lowest BCUT2D eigenvalue weighted by molar-refractivity contribution is 0.682. The fourth-order valence-electron chi connectivity index (χ4n) is 1.37. The van der Waals surface area contributed by atoms with Crippen LogP contribution in [0.25, 0.3) is 10.8 Å². The molecule has 0 fully saturated rings. The highest BCUT2D eigenvalue weighted by Gasteiger charge is 1.94. The van der Waals surface area contributed by atoms with Gasteiger partial charge in [0, 0.05) is 12.4 Å². The van der Waals surface area contributed by atoms with Crippen LogP contribution in [-0.4, -0.2) is 10.1 Å². The molecular weight excluding hydrogens is 180 g/mol. The molecular formula is C10H10N2S. The molecule has 0 aliphatic carbocycles. The molecule has 2 rings (SSSR count). The van der Waals surface area contributed by atoms with Gasteiger partial charge in [0.15, 0.2) is 0 Å². The lowest BCUT2D eigenvalue weighted by Crippen LogP contribution is -2.13. The third kappa shape index (κ3) is 1.70. The third-order valence-electron chi connectivity index (χ3n) is 1.96. The molecule has 0 unspecified atom stereocenters. The number of nitrogens with one attached hydrogen (secondary N) is 1. The van der Waals surface area contributed by atoms with Crippen molar-refractivity contribution in [2.75, 3.05) is 0 Å². The first-order chi connectivity index (χ1) is 6.40. The summed E-state index contributed by atoms with van der Waals surface area (Å²) in [7, 11) is 0. The summed E-state index contributed by atoms with van der Waals surface area (Å²) in [4.78, 5) is 0. The van der Waals surface area contributed by atoms with E-state index in [1.807, 2.05) is 12.1 Å². The van der Waals surface area contributed by atoms with Gasteiger partial charge in [0.05, 0.1) is 12.2 Å². The van der Waals surface area contributed by atoms with Crippen molar-refractivity contribution in [1.82, 2.24) is 9.88 Å². The zero-order chi connectivity index (χ0) is 9.10. The van der Waals surface area contributed by atoms with E-state index < -0.39 is 0 Å². The van der Waals surface area contributed by atoms with Crippen LogP contribution >= 0.6 is 12.2 Å². The number of fused-ring (bicyclic) bond motifs is 1. The zero-order valence-corrected chi connectivity index (χ0v) is 7.92. The van der Waals surface area contributed by atoms with Gasteiger partial charge in [0.2, 0.25) is 0 Å². The van der Waals surface area contributed by atoms with E-state index in [0.29, 0.717) is 0 Å². The number of benzene rings is 1. The molecule has 2 aromatic rings. The summed E-state index contributed by atoms with van der Waals surface area (Å²) < 4.78 is 2.08. The minimum atomic E-state index is 0.734. The lowest BCUT2D eigenvalue weighted by atomic mass is 10.2. The Kier molecular flexibility index (Phi) is 2.27. The van der Waals surface area contributed by atoms with Crippen LogP contribution in [-0.2, 0) is 6.67 Å². The Morgan fingerprint density at radius 1 is 1.23 bits per heavy atom. The van der Waals surface area contributed by atoms with Crippen molar-refractivity contribution in [2.45, 2.75) is 6.67 Å². The average molecular weight is 190 g/mol. The van der Waals surface area contributed by atoms with Crippen LogP contribution in [0.15, 0.2) is 36.7 Å². The van der Waals surface area contributed by atoms with Gasteiger partial charge < -0.3 is 9.88 Å². The molecule has 1 aromatic carbocycles. The second-order valence-electron chi connectivity index (χ2n) is 2.88. The lowest BCUT2D eigenvalue weighted by Gasteiger charge is -1.99. The normalized spacial score (nSPS) is 10.2. The average Bonchev–Trinajstić information content (AvgIpc) is 2.57. The molecule has 66 valence electrons. The Balaban J connectivity index is 2.32. The van der Waals surface area contributed by atoms with E-state index in [1.165, 1.54) is 16.3 Å². The molecule has 0 radical (unpaired) electrons. The van der Waals surface area contributed by atoms with Gasteiger partial charge in [-0.1, -0.05) is 36.5 Å². The van der Waals surface area contributed by atoms with E-state index >= 15 is 0 Å². The van der Waals surface area contributed by atoms with Gasteiger partial charge in [-0.15, -0.1) is 0 Å². The Hall–Kier alpha value is -1.35. The number of thiocarbonyl (C=S) groups is 1. The SMILES string of the molecule is S=CNCn1cc2ccccc2c1. The molecule has 0 aliphatic heterocycles. The van der Waals surface area contributed by atoms with Crippen LogP contribution in [0.1, 0.15) is 0 Å². The highest BCUT2D eigenvalue weighted by Crippen LogP contribution is 2.13. The largest absolute Gasteiger partial charge is 0.365 e. The first-order valence-corrected chi connectivity index (χ1v) is 4.59. The van der Waals surface area contributed by atoms with Gasteiger partial charge in [-0.3, -0.25) is 0 Å². The van der Waals surface area contributed by atoms with Crippen molar-refractivity contribution in [2.24, 2.45) is 0 Å². The number of aromatic nitrogens is 1. The molecule has 0 saturated heterocycles. The summed E-state index contributed by atoms with van der Waals surface area (Å²) in [6.45, 7) is 0.734. The van der Waals surface area contributed by atoms with Crippen LogP contribution in [0.5, 0.6) is 0 Å². The first kappa shape index (κ1) is 8.26. The predicted octanol–water partition coefficient (Wildman–Crippen LogP) is 2.15. The molecule has 0 saturated carbocycles. The molecule has 0 bridgehead atoms. The number of rotatable bonds is 3. The Morgan fingerprint density at radius 2 is 1.85 bits per heavy atom. The smallest absolute Gasteiger partial charge is 0.0916 e. The highest BCUT2D eigenvalue weighted by molar-refractivity contribution is 7.78. The van der Waals surface area contributed by atoms with Crippen molar-refractivity contribution in [1.29, 1.82) is 0 Å². The van der Waals surface area contributed by atoms with Crippen molar-refractivity contribution in [3.05, 3.63) is 36.7 Å². The van der Waals surface area contributed by atoms with Gasteiger partial charge in [-0.2, -0.15) is 0 Å². The molecule has 0 spiro atoms. The van der Waals surface area contributed by atoms with Crippen molar-refractivity contribution < 1.29 is 0 Å². The molecule has 1 aromatic heterocycles. The van der Waals surface area contributed by atoms with E-state index in [1.54, 1.807) is 0 Å². The zero-order valence-electron chi connectivity index (χ0n) is 7.10. The van der Waals surface area contributed by atoms with E-state index in [2.05, 4.69) is 46.6 Å². The number of hydrogen-bond donors (Lipinski definition) is 1. The third-order valence-corrected chi connectivity index (χ3v) is 2.13. The van der Waals surface area contributed by atoms with Crippen LogP contribution in [0, 0.1) is 0 Å². The van der Waals surface area contributed by atoms with Crippen molar-refractivity contribution >= 4 is 28.5 Å². The minimum Gasteiger partial charge on any atom is -0.365 e. The van der Waals surface area contributed by atoms with Crippen LogP contribution < -0.4 is 5.32 Å². The maximum atomic E-state index is 4.68. The van der Waals surface area contributed by atoms with E-state index in [4.69, 9.17) is 0 Å². The summed E-state index contributed by atoms with van der Waals surface area (Å²) >= 11 is 4.68. The summed E-state index contributed by atoms with van der Waals surface area (Å²) in [5.41, 5.74) is 1.53. The molecule has 0 atom stereocenters. The predicted molar refractivity (Wildman–Crippen MR) is 58.7 cm³/mol. The van der Waals surface area contributed by atoms with Crippen LogP contribution in [0.3, 0.4) is 0 Å². The summed E-state index contributed by atoms with van der Waals surface area (Å²) in [6.07, 6.45) is 4.20. The molecule has 3 heteroatoms. The number of nitrogens with zero attached hydrogens (tertiary/aromatic N) is 1. The molecule has 13 heavy (non-hydrogen) atoms. The topological polar surface area (TPSA) is 17.0 Å². The molecule has 1 N–H and O–H groups in total. The monoisotopic (exact) mass is 190 g/mol.